The predicted octanol–water partition coefficient (Wildman–Crippen LogP) is 3.80. The van der Waals surface area contributed by atoms with E-state index >= 15 is 0 Å². The zero-order chi connectivity index (χ0) is 20.1. The van der Waals surface area contributed by atoms with Crippen molar-refractivity contribution in [1.82, 2.24) is 9.88 Å². The molecule has 4 rings (SSSR count). The fraction of sp³-hybridized carbons (Fsp3) is 0.217. The van der Waals surface area contributed by atoms with Crippen molar-refractivity contribution in [3.05, 3.63) is 89.9 Å². The molecule has 1 aromatic heterocycles. The minimum absolute atomic E-state index is 0.163. The van der Waals surface area contributed by atoms with Crippen LogP contribution in [0.25, 0.3) is 0 Å². The molecule has 0 spiro atoms. The number of hydrogen-bond acceptors (Lipinski definition) is 4. The van der Waals surface area contributed by atoms with Gasteiger partial charge >= 0.3 is 0 Å². The average Bonchev–Trinajstić information content (AvgIpc) is 2.77. The third-order valence-electron chi connectivity index (χ3n) is 5.08. The van der Waals surface area contributed by atoms with Crippen molar-refractivity contribution < 1.29 is 9.18 Å². The molecule has 1 N–H and O–H groups in total. The number of aromatic nitrogens is 1. The second-order valence-corrected chi connectivity index (χ2v) is 7.09. The van der Waals surface area contributed by atoms with Crippen LogP contribution in [0.3, 0.4) is 0 Å². The van der Waals surface area contributed by atoms with Gasteiger partial charge in [-0.25, -0.2) is 9.37 Å². The van der Waals surface area contributed by atoms with Crippen molar-refractivity contribution in [2.75, 3.05) is 36.4 Å². The van der Waals surface area contributed by atoms with Gasteiger partial charge in [0.1, 0.15) is 11.6 Å². The number of halogens is 1. The minimum atomic E-state index is -0.459. The summed E-state index contributed by atoms with van der Waals surface area (Å²) in [5.74, 6) is 0.0208. The number of amides is 1. The molecule has 0 saturated carbocycles. The fourth-order valence-corrected chi connectivity index (χ4v) is 3.44. The highest BCUT2D eigenvalue weighted by Gasteiger charge is 2.18. The number of para-hydroxylation sites is 1. The van der Waals surface area contributed by atoms with E-state index < -0.39 is 5.82 Å². The van der Waals surface area contributed by atoms with Gasteiger partial charge in [-0.3, -0.25) is 9.69 Å². The van der Waals surface area contributed by atoms with Crippen LogP contribution in [0.1, 0.15) is 15.9 Å². The monoisotopic (exact) mass is 390 g/mol. The Morgan fingerprint density at radius 2 is 1.66 bits per heavy atom. The Hall–Kier alpha value is -3.25. The van der Waals surface area contributed by atoms with Gasteiger partial charge in [-0.15, -0.1) is 0 Å². The maximum atomic E-state index is 13.7. The molecule has 0 unspecified atom stereocenters. The van der Waals surface area contributed by atoms with Crippen LogP contribution < -0.4 is 10.2 Å². The minimum Gasteiger partial charge on any atom is -0.354 e. The summed E-state index contributed by atoms with van der Waals surface area (Å²) in [6.45, 7) is 4.66. The lowest BCUT2D eigenvalue weighted by Gasteiger charge is -2.35. The molecule has 148 valence electrons. The smallest absolute Gasteiger partial charge is 0.257 e. The van der Waals surface area contributed by atoms with Gasteiger partial charge < -0.3 is 10.2 Å². The Morgan fingerprint density at radius 3 is 2.34 bits per heavy atom. The van der Waals surface area contributed by atoms with Crippen molar-refractivity contribution >= 4 is 17.4 Å². The van der Waals surface area contributed by atoms with Crippen LogP contribution in [0.4, 0.5) is 15.9 Å². The van der Waals surface area contributed by atoms with Crippen molar-refractivity contribution in [3.8, 4) is 0 Å². The number of rotatable bonds is 5. The molecule has 2 aromatic carbocycles. The molecule has 1 aliphatic heterocycles. The van der Waals surface area contributed by atoms with Crippen LogP contribution in [0.5, 0.6) is 0 Å². The summed E-state index contributed by atoms with van der Waals surface area (Å²) < 4.78 is 13.7. The number of nitrogens with one attached hydrogen (secondary N) is 1. The first-order chi connectivity index (χ1) is 14.2. The Balaban J connectivity index is 1.33. The number of hydrogen-bond donors (Lipinski definition) is 1. The van der Waals surface area contributed by atoms with Gasteiger partial charge in [0.05, 0.1) is 11.3 Å². The molecular weight excluding hydrogens is 367 g/mol. The molecule has 1 aliphatic rings. The van der Waals surface area contributed by atoms with E-state index in [1.54, 1.807) is 24.4 Å². The number of carbonyl (C=O) groups excluding carboxylic acids is 1. The molecular formula is C23H23FN4O. The summed E-state index contributed by atoms with van der Waals surface area (Å²) >= 11 is 0. The molecule has 0 bridgehead atoms. The van der Waals surface area contributed by atoms with Crippen LogP contribution in [0.15, 0.2) is 72.9 Å². The van der Waals surface area contributed by atoms with Crippen molar-refractivity contribution in [3.63, 3.8) is 0 Å². The summed E-state index contributed by atoms with van der Waals surface area (Å²) in [5, 5.41) is 2.58. The van der Waals surface area contributed by atoms with Gasteiger partial charge in [-0.1, -0.05) is 42.5 Å². The standard InChI is InChI=1S/C23H23FN4O/c24-20-8-4-5-9-21(20)26-23(29)19-10-11-22(25-16-19)28-14-12-27(13-15-28)17-18-6-2-1-3-7-18/h1-11,16H,12-15,17H2,(H,26,29). The molecule has 0 atom stereocenters. The number of pyridine rings is 1. The average molecular weight is 390 g/mol. The maximum absolute atomic E-state index is 13.7. The molecule has 0 radical (unpaired) electrons. The molecule has 5 nitrogen and oxygen atoms in total. The van der Waals surface area contributed by atoms with E-state index in [9.17, 15) is 9.18 Å². The van der Waals surface area contributed by atoms with Crippen molar-refractivity contribution in [2.24, 2.45) is 0 Å². The SMILES string of the molecule is O=C(Nc1ccccc1F)c1ccc(N2CCN(Cc3ccccc3)CC2)nc1. The third-order valence-corrected chi connectivity index (χ3v) is 5.08. The highest BCUT2D eigenvalue weighted by Crippen LogP contribution is 2.17. The molecule has 29 heavy (non-hydrogen) atoms. The molecule has 6 heteroatoms. The van der Waals surface area contributed by atoms with E-state index in [2.05, 4.69) is 44.4 Å². The third kappa shape index (κ3) is 4.78. The van der Waals surface area contributed by atoms with E-state index in [0.717, 1.165) is 38.5 Å². The molecule has 1 saturated heterocycles. The number of carbonyl (C=O) groups is 1. The largest absolute Gasteiger partial charge is 0.354 e. The van der Waals surface area contributed by atoms with E-state index in [-0.39, 0.29) is 11.6 Å². The van der Waals surface area contributed by atoms with Crippen LogP contribution >= 0.6 is 0 Å². The predicted molar refractivity (Wildman–Crippen MR) is 113 cm³/mol. The number of anilines is 2. The second-order valence-electron chi connectivity index (χ2n) is 7.09. The molecule has 1 fully saturated rings. The quantitative estimate of drug-likeness (QED) is 0.720. The molecule has 0 aliphatic carbocycles. The van der Waals surface area contributed by atoms with Crippen molar-refractivity contribution in [1.29, 1.82) is 0 Å². The molecule has 1 amide bonds. The van der Waals surface area contributed by atoms with Gasteiger partial charge in [0, 0.05) is 38.9 Å². The van der Waals surface area contributed by atoms with Crippen LogP contribution in [-0.2, 0) is 6.54 Å². The van der Waals surface area contributed by atoms with Gasteiger partial charge in [-0.05, 0) is 29.8 Å². The van der Waals surface area contributed by atoms with E-state index in [1.807, 2.05) is 12.1 Å². The molecule has 3 aromatic rings. The second kappa shape index (κ2) is 8.84. The zero-order valence-corrected chi connectivity index (χ0v) is 16.1. The Morgan fingerprint density at radius 1 is 0.931 bits per heavy atom. The van der Waals surface area contributed by atoms with Crippen LogP contribution in [-0.4, -0.2) is 42.0 Å². The van der Waals surface area contributed by atoms with Gasteiger partial charge in [0.15, 0.2) is 0 Å². The van der Waals surface area contributed by atoms with E-state index in [4.69, 9.17) is 0 Å². The van der Waals surface area contributed by atoms with Crippen LogP contribution in [0.2, 0.25) is 0 Å². The normalized spacial score (nSPS) is 14.6. The maximum Gasteiger partial charge on any atom is 0.257 e. The molecule has 2 heterocycles. The number of piperazine rings is 1. The van der Waals surface area contributed by atoms with Gasteiger partial charge in [0.2, 0.25) is 0 Å². The Bertz CT molecular complexity index is 954. The Labute approximate surface area is 169 Å². The lowest BCUT2D eigenvalue weighted by molar-refractivity contribution is 0.102. The van der Waals surface area contributed by atoms with Crippen molar-refractivity contribution in [2.45, 2.75) is 6.54 Å². The summed E-state index contributed by atoms with van der Waals surface area (Å²) in [6.07, 6.45) is 1.54. The van der Waals surface area contributed by atoms with Gasteiger partial charge in [-0.2, -0.15) is 0 Å². The number of nitrogens with zero attached hydrogens (tertiary/aromatic N) is 3. The number of benzene rings is 2. The first-order valence-corrected chi connectivity index (χ1v) is 9.72. The highest BCUT2D eigenvalue weighted by molar-refractivity contribution is 6.04. The summed E-state index contributed by atoms with van der Waals surface area (Å²) in [5.41, 5.74) is 1.89. The van der Waals surface area contributed by atoms with E-state index in [0.29, 0.717) is 5.56 Å². The topological polar surface area (TPSA) is 48.5 Å². The lowest BCUT2D eigenvalue weighted by atomic mass is 10.2. The highest BCUT2D eigenvalue weighted by atomic mass is 19.1. The summed E-state index contributed by atoms with van der Waals surface area (Å²) in [6, 6.07) is 20.2. The lowest BCUT2D eigenvalue weighted by Crippen LogP contribution is -2.46. The fourth-order valence-electron chi connectivity index (χ4n) is 3.44. The summed E-state index contributed by atoms with van der Waals surface area (Å²) in [7, 11) is 0. The van der Waals surface area contributed by atoms with Gasteiger partial charge in [0.25, 0.3) is 5.91 Å². The van der Waals surface area contributed by atoms with E-state index in [1.165, 1.54) is 17.7 Å². The zero-order valence-electron chi connectivity index (χ0n) is 16.1. The first kappa shape index (κ1) is 19.1. The summed E-state index contributed by atoms with van der Waals surface area (Å²) in [4.78, 5) is 21.4. The van der Waals surface area contributed by atoms with Crippen LogP contribution in [0, 0.1) is 5.82 Å². The Kier molecular flexibility index (Phi) is 5.81. The first-order valence-electron chi connectivity index (χ1n) is 9.72.